The first-order valence-electron chi connectivity index (χ1n) is 2.86. The summed E-state index contributed by atoms with van der Waals surface area (Å²) in [6.45, 7) is 2.55. The van der Waals surface area contributed by atoms with Crippen LogP contribution in [0.5, 0.6) is 0 Å². The van der Waals surface area contributed by atoms with E-state index in [4.69, 9.17) is 9.15 Å². The fraction of sp³-hybridized carbons (Fsp3) is 0.429. The second-order valence-corrected chi connectivity index (χ2v) is 2.02. The zero-order valence-electron chi connectivity index (χ0n) is 5.68. The smallest absolute Gasteiger partial charge is 0.129 e. The van der Waals surface area contributed by atoms with Crippen molar-refractivity contribution < 1.29 is 9.15 Å². The summed E-state index contributed by atoms with van der Waals surface area (Å²) < 4.78 is 9.93. The van der Waals surface area contributed by atoms with Gasteiger partial charge in [-0.2, -0.15) is 0 Å². The minimum atomic E-state index is 0.563. The van der Waals surface area contributed by atoms with Gasteiger partial charge in [0.2, 0.25) is 0 Å². The van der Waals surface area contributed by atoms with Crippen LogP contribution in [0, 0.1) is 6.92 Å². The summed E-state index contributed by atoms with van der Waals surface area (Å²) >= 11 is 0. The van der Waals surface area contributed by atoms with E-state index < -0.39 is 0 Å². The van der Waals surface area contributed by atoms with Crippen molar-refractivity contribution in [2.75, 3.05) is 7.11 Å². The number of furan rings is 1. The van der Waals surface area contributed by atoms with Crippen molar-refractivity contribution in [3.63, 3.8) is 0 Å². The van der Waals surface area contributed by atoms with Crippen molar-refractivity contribution in [2.24, 2.45) is 0 Å². The fourth-order valence-electron chi connectivity index (χ4n) is 0.709. The van der Waals surface area contributed by atoms with Crippen molar-refractivity contribution in [1.82, 2.24) is 0 Å². The lowest BCUT2D eigenvalue weighted by molar-refractivity contribution is 0.164. The second-order valence-electron chi connectivity index (χ2n) is 2.02. The quantitative estimate of drug-likeness (QED) is 0.602. The van der Waals surface area contributed by atoms with Crippen LogP contribution >= 0.6 is 0 Å². The predicted octanol–water partition coefficient (Wildman–Crippen LogP) is 1.73. The Morgan fingerprint density at radius 3 is 2.89 bits per heavy atom. The highest BCUT2D eigenvalue weighted by Gasteiger charge is 1.94. The monoisotopic (exact) mass is 126 g/mol. The first-order chi connectivity index (χ1) is 4.33. The van der Waals surface area contributed by atoms with Crippen LogP contribution in [0.4, 0.5) is 0 Å². The molecule has 1 aromatic heterocycles. The molecule has 2 heteroatoms. The summed E-state index contributed by atoms with van der Waals surface area (Å²) in [6, 6.07) is 1.96. The van der Waals surface area contributed by atoms with Crippen LogP contribution in [0.3, 0.4) is 0 Å². The number of aryl methyl sites for hydroxylation is 1. The number of methoxy groups -OCH3 is 1. The Labute approximate surface area is 54.4 Å². The fourth-order valence-corrected chi connectivity index (χ4v) is 0.709. The van der Waals surface area contributed by atoms with Gasteiger partial charge in [-0.15, -0.1) is 0 Å². The van der Waals surface area contributed by atoms with E-state index in [9.17, 15) is 0 Å². The summed E-state index contributed by atoms with van der Waals surface area (Å²) in [7, 11) is 1.65. The molecule has 0 bridgehead atoms. The van der Waals surface area contributed by atoms with E-state index in [1.165, 1.54) is 0 Å². The molecular formula is C7H10O2. The molecule has 0 fully saturated rings. The van der Waals surface area contributed by atoms with Gasteiger partial charge in [0.05, 0.1) is 6.26 Å². The maximum Gasteiger partial charge on any atom is 0.129 e. The molecule has 0 N–H and O–H groups in total. The molecule has 1 heterocycles. The van der Waals surface area contributed by atoms with Crippen molar-refractivity contribution in [3.05, 3.63) is 23.7 Å². The van der Waals surface area contributed by atoms with E-state index >= 15 is 0 Å². The van der Waals surface area contributed by atoms with Crippen molar-refractivity contribution in [1.29, 1.82) is 0 Å². The Balaban J connectivity index is 2.61. The summed E-state index contributed by atoms with van der Waals surface area (Å²) in [5.74, 6) is 0.884. The van der Waals surface area contributed by atoms with E-state index in [0.717, 1.165) is 11.3 Å². The Kier molecular flexibility index (Phi) is 1.90. The molecule has 0 aliphatic heterocycles. The van der Waals surface area contributed by atoms with E-state index in [2.05, 4.69) is 0 Å². The first kappa shape index (κ1) is 6.36. The number of hydrogen-bond donors (Lipinski definition) is 0. The first-order valence-corrected chi connectivity index (χ1v) is 2.86. The van der Waals surface area contributed by atoms with Gasteiger partial charge in [0.15, 0.2) is 0 Å². The number of hydrogen-bond acceptors (Lipinski definition) is 2. The number of ether oxygens (including phenoxy) is 1. The van der Waals surface area contributed by atoms with Crippen molar-refractivity contribution >= 4 is 0 Å². The van der Waals surface area contributed by atoms with E-state index in [1.54, 1.807) is 13.4 Å². The SMILES string of the molecule is COCc1cc(C)co1. The lowest BCUT2D eigenvalue weighted by atomic mass is 10.3. The maximum absolute atomic E-state index is 5.08. The molecule has 50 valence electrons. The standard InChI is InChI=1S/C7H10O2/c1-6-3-7(5-8-2)9-4-6/h3-4H,5H2,1-2H3. The van der Waals surface area contributed by atoms with Crippen LogP contribution < -0.4 is 0 Å². The molecule has 0 radical (unpaired) electrons. The highest BCUT2D eigenvalue weighted by Crippen LogP contribution is 2.06. The van der Waals surface area contributed by atoms with Crippen LogP contribution in [0.1, 0.15) is 11.3 Å². The molecule has 1 rings (SSSR count). The highest BCUT2D eigenvalue weighted by molar-refractivity contribution is 5.09. The molecule has 0 saturated carbocycles. The average molecular weight is 126 g/mol. The van der Waals surface area contributed by atoms with Gasteiger partial charge in [-0.05, 0) is 18.6 Å². The molecule has 1 aromatic rings. The third kappa shape index (κ3) is 1.57. The topological polar surface area (TPSA) is 22.4 Å². The molecular weight excluding hydrogens is 116 g/mol. The molecule has 0 unspecified atom stereocenters. The summed E-state index contributed by atoms with van der Waals surface area (Å²) in [5, 5.41) is 0. The molecule has 0 spiro atoms. The molecule has 0 aromatic carbocycles. The molecule has 0 atom stereocenters. The van der Waals surface area contributed by atoms with Crippen LogP contribution in [-0.4, -0.2) is 7.11 Å². The normalized spacial score (nSPS) is 10.0. The minimum Gasteiger partial charge on any atom is -0.467 e. The van der Waals surface area contributed by atoms with Crippen LogP contribution in [0.25, 0.3) is 0 Å². The van der Waals surface area contributed by atoms with Gasteiger partial charge in [-0.25, -0.2) is 0 Å². The lowest BCUT2D eigenvalue weighted by Crippen LogP contribution is -1.81. The Morgan fingerprint density at radius 2 is 2.44 bits per heavy atom. The average Bonchev–Trinajstić information content (AvgIpc) is 2.17. The summed E-state index contributed by atoms with van der Waals surface area (Å²) in [6.07, 6.45) is 1.72. The maximum atomic E-state index is 5.08. The third-order valence-corrected chi connectivity index (χ3v) is 1.07. The molecule has 0 aliphatic rings. The van der Waals surface area contributed by atoms with Gasteiger partial charge in [0.1, 0.15) is 12.4 Å². The lowest BCUT2D eigenvalue weighted by Gasteiger charge is -1.88. The molecule has 0 saturated heterocycles. The van der Waals surface area contributed by atoms with Gasteiger partial charge in [-0.1, -0.05) is 0 Å². The van der Waals surface area contributed by atoms with Crippen molar-refractivity contribution in [2.45, 2.75) is 13.5 Å². The Morgan fingerprint density at radius 1 is 1.67 bits per heavy atom. The van der Waals surface area contributed by atoms with Crippen LogP contribution in [0.2, 0.25) is 0 Å². The van der Waals surface area contributed by atoms with E-state index in [1.807, 2.05) is 13.0 Å². The van der Waals surface area contributed by atoms with E-state index in [0.29, 0.717) is 6.61 Å². The largest absolute Gasteiger partial charge is 0.467 e. The molecule has 0 aliphatic carbocycles. The zero-order chi connectivity index (χ0) is 6.69. The van der Waals surface area contributed by atoms with Gasteiger partial charge in [-0.3, -0.25) is 0 Å². The van der Waals surface area contributed by atoms with Crippen LogP contribution in [-0.2, 0) is 11.3 Å². The highest BCUT2D eigenvalue weighted by atomic mass is 16.5. The summed E-state index contributed by atoms with van der Waals surface area (Å²) in [4.78, 5) is 0. The Bertz CT molecular complexity index is 179. The predicted molar refractivity (Wildman–Crippen MR) is 34.2 cm³/mol. The zero-order valence-corrected chi connectivity index (χ0v) is 5.68. The molecule has 2 nitrogen and oxygen atoms in total. The van der Waals surface area contributed by atoms with E-state index in [-0.39, 0.29) is 0 Å². The van der Waals surface area contributed by atoms with Gasteiger partial charge in [0, 0.05) is 7.11 Å². The molecule has 0 amide bonds. The van der Waals surface area contributed by atoms with Crippen LogP contribution in [0.15, 0.2) is 16.7 Å². The number of rotatable bonds is 2. The van der Waals surface area contributed by atoms with Gasteiger partial charge in [0.25, 0.3) is 0 Å². The third-order valence-electron chi connectivity index (χ3n) is 1.07. The summed E-state index contributed by atoms with van der Waals surface area (Å²) in [5.41, 5.74) is 1.14. The van der Waals surface area contributed by atoms with Gasteiger partial charge < -0.3 is 9.15 Å². The Hall–Kier alpha value is -0.760. The van der Waals surface area contributed by atoms with Crippen molar-refractivity contribution in [3.8, 4) is 0 Å². The molecule has 9 heavy (non-hydrogen) atoms. The second kappa shape index (κ2) is 2.69. The minimum absolute atomic E-state index is 0.563. The van der Waals surface area contributed by atoms with Gasteiger partial charge >= 0.3 is 0 Å².